The lowest BCUT2D eigenvalue weighted by Gasteiger charge is -2.06. The maximum atomic E-state index is 11.4. The van der Waals surface area contributed by atoms with Gasteiger partial charge in [-0.15, -0.1) is 11.3 Å². The smallest absolute Gasteiger partial charge is 0.260 e. The first kappa shape index (κ1) is 11.8. The largest absolute Gasteiger partial charge is 0.397 e. The number of nitrogen functional groups attached to an aromatic ring is 1. The summed E-state index contributed by atoms with van der Waals surface area (Å²) in [6.45, 7) is 2.21. The van der Waals surface area contributed by atoms with Gasteiger partial charge in [-0.1, -0.05) is 13.3 Å². The van der Waals surface area contributed by atoms with E-state index in [1.807, 2.05) is 0 Å². The maximum Gasteiger partial charge on any atom is 0.260 e. The van der Waals surface area contributed by atoms with Crippen molar-refractivity contribution in [2.24, 2.45) is 11.7 Å². The molecule has 2 fully saturated rings. The summed E-state index contributed by atoms with van der Waals surface area (Å²) in [5, 5.41) is 4.64. The van der Waals surface area contributed by atoms with Crippen LogP contribution in [0.4, 0.5) is 10.7 Å². The molecule has 1 aromatic rings. The standard InChI is InChI=1S/C13H19N3OS/c1-2-6-5-8(6)16-13-9(7-3-4-7)10(14)11(18-13)12(15)17/h6-8,16H,2-5,14H2,1H3,(H2,15,17). The summed E-state index contributed by atoms with van der Waals surface area (Å²) in [4.78, 5) is 11.9. The van der Waals surface area contributed by atoms with Crippen LogP contribution in [0.25, 0.3) is 0 Å². The summed E-state index contributed by atoms with van der Waals surface area (Å²) in [7, 11) is 0. The summed E-state index contributed by atoms with van der Waals surface area (Å²) in [5.74, 6) is 0.906. The van der Waals surface area contributed by atoms with E-state index < -0.39 is 5.91 Å². The van der Waals surface area contributed by atoms with E-state index in [0.717, 1.165) is 16.5 Å². The molecule has 2 aliphatic carbocycles. The van der Waals surface area contributed by atoms with Gasteiger partial charge in [0.25, 0.3) is 5.91 Å². The Morgan fingerprint density at radius 3 is 2.72 bits per heavy atom. The Balaban J connectivity index is 1.87. The number of nitrogens with two attached hydrogens (primary N) is 2. The fraction of sp³-hybridized carbons (Fsp3) is 0.615. The summed E-state index contributed by atoms with van der Waals surface area (Å²) in [6, 6.07) is 0.561. The molecule has 18 heavy (non-hydrogen) atoms. The van der Waals surface area contributed by atoms with Crippen LogP contribution in [-0.2, 0) is 0 Å². The van der Waals surface area contributed by atoms with Crippen LogP contribution in [-0.4, -0.2) is 11.9 Å². The second-order valence-electron chi connectivity index (χ2n) is 5.38. The highest BCUT2D eigenvalue weighted by Crippen LogP contribution is 2.52. The first-order valence-corrected chi connectivity index (χ1v) is 7.42. The minimum Gasteiger partial charge on any atom is -0.397 e. The number of primary amides is 1. The van der Waals surface area contributed by atoms with Crippen molar-refractivity contribution in [3.8, 4) is 0 Å². The van der Waals surface area contributed by atoms with Gasteiger partial charge in [-0.25, -0.2) is 0 Å². The molecule has 0 saturated heterocycles. The van der Waals surface area contributed by atoms with E-state index in [-0.39, 0.29) is 0 Å². The SMILES string of the molecule is CCC1CC1Nc1sc(C(N)=O)c(N)c1C1CC1. The second-order valence-corrected chi connectivity index (χ2v) is 6.40. The van der Waals surface area contributed by atoms with Gasteiger partial charge < -0.3 is 16.8 Å². The number of rotatable bonds is 5. The van der Waals surface area contributed by atoms with E-state index in [1.165, 1.54) is 37.0 Å². The predicted molar refractivity (Wildman–Crippen MR) is 75.0 cm³/mol. The quantitative estimate of drug-likeness (QED) is 0.765. The van der Waals surface area contributed by atoms with Crippen LogP contribution >= 0.6 is 11.3 Å². The maximum absolute atomic E-state index is 11.4. The number of nitrogens with one attached hydrogen (secondary N) is 1. The first-order chi connectivity index (χ1) is 8.61. The molecule has 1 aromatic heterocycles. The zero-order chi connectivity index (χ0) is 12.9. The van der Waals surface area contributed by atoms with Gasteiger partial charge in [-0.2, -0.15) is 0 Å². The summed E-state index contributed by atoms with van der Waals surface area (Å²) in [5.41, 5.74) is 13.2. The number of hydrogen-bond acceptors (Lipinski definition) is 4. The van der Waals surface area contributed by atoms with Crippen molar-refractivity contribution in [2.75, 3.05) is 11.1 Å². The summed E-state index contributed by atoms with van der Waals surface area (Å²) in [6.07, 6.45) is 4.79. The van der Waals surface area contributed by atoms with Crippen LogP contribution in [0.3, 0.4) is 0 Å². The predicted octanol–water partition coefficient (Wildman–Crippen LogP) is 2.52. The zero-order valence-corrected chi connectivity index (χ0v) is 11.3. The highest BCUT2D eigenvalue weighted by Gasteiger charge is 2.38. The van der Waals surface area contributed by atoms with Crippen molar-refractivity contribution < 1.29 is 4.79 Å². The lowest BCUT2D eigenvalue weighted by Crippen LogP contribution is -2.11. The Hall–Kier alpha value is -1.23. The van der Waals surface area contributed by atoms with Gasteiger partial charge in [0.05, 0.1) is 10.7 Å². The van der Waals surface area contributed by atoms with Crippen molar-refractivity contribution in [3.05, 3.63) is 10.4 Å². The van der Waals surface area contributed by atoms with Gasteiger partial charge >= 0.3 is 0 Å². The molecule has 4 nitrogen and oxygen atoms in total. The molecule has 0 aliphatic heterocycles. The number of carbonyl (C=O) groups excluding carboxylic acids is 1. The topological polar surface area (TPSA) is 81.1 Å². The molecule has 1 amide bonds. The van der Waals surface area contributed by atoms with Crippen molar-refractivity contribution in [2.45, 2.75) is 44.6 Å². The fourth-order valence-corrected chi connectivity index (χ4v) is 3.69. The van der Waals surface area contributed by atoms with Crippen LogP contribution in [0.2, 0.25) is 0 Å². The van der Waals surface area contributed by atoms with Gasteiger partial charge in [-0.05, 0) is 31.1 Å². The number of thiophene rings is 1. The van der Waals surface area contributed by atoms with E-state index in [1.54, 1.807) is 0 Å². The van der Waals surface area contributed by atoms with Crippen LogP contribution in [0.5, 0.6) is 0 Å². The Morgan fingerprint density at radius 1 is 1.50 bits per heavy atom. The van der Waals surface area contributed by atoms with Crippen molar-refractivity contribution in [1.29, 1.82) is 0 Å². The van der Waals surface area contributed by atoms with E-state index in [4.69, 9.17) is 11.5 Å². The van der Waals surface area contributed by atoms with Crippen molar-refractivity contribution in [3.63, 3.8) is 0 Å². The Morgan fingerprint density at radius 2 is 2.22 bits per heavy atom. The van der Waals surface area contributed by atoms with Gasteiger partial charge in [-0.3, -0.25) is 4.79 Å². The molecule has 0 radical (unpaired) electrons. The van der Waals surface area contributed by atoms with Crippen molar-refractivity contribution in [1.82, 2.24) is 0 Å². The molecule has 98 valence electrons. The van der Waals surface area contributed by atoms with Crippen LogP contribution in [0.1, 0.15) is 53.8 Å². The van der Waals surface area contributed by atoms with E-state index >= 15 is 0 Å². The molecule has 5 heteroatoms. The lowest BCUT2D eigenvalue weighted by atomic mass is 10.1. The average Bonchev–Trinajstić information content (AvgIpc) is 3.20. The van der Waals surface area contributed by atoms with Gasteiger partial charge in [0, 0.05) is 11.6 Å². The van der Waals surface area contributed by atoms with Crippen LogP contribution in [0, 0.1) is 5.92 Å². The number of hydrogen-bond donors (Lipinski definition) is 3. The third kappa shape index (κ3) is 1.96. The first-order valence-electron chi connectivity index (χ1n) is 6.60. The molecule has 0 bridgehead atoms. The molecular weight excluding hydrogens is 246 g/mol. The minimum absolute atomic E-state index is 0.407. The molecule has 1 heterocycles. The number of carbonyl (C=O) groups is 1. The zero-order valence-electron chi connectivity index (χ0n) is 10.5. The minimum atomic E-state index is -0.407. The highest BCUT2D eigenvalue weighted by atomic mass is 32.1. The van der Waals surface area contributed by atoms with Gasteiger partial charge in [0.15, 0.2) is 0 Å². The molecule has 3 rings (SSSR count). The van der Waals surface area contributed by atoms with Crippen LogP contribution in [0.15, 0.2) is 0 Å². The molecule has 0 aromatic carbocycles. The summed E-state index contributed by atoms with van der Waals surface area (Å²) >= 11 is 1.43. The molecule has 5 N–H and O–H groups in total. The van der Waals surface area contributed by atoms with Gasteiger partial charge in [0.2, 0.25) is 0 Å². The van der Waals surface area contributed by atoms with Gasteiger partial charge in [0.1, 0.15) is 4.88 Å². The average molecular weight is 265 g/mol. The molecule has 2 atom stereocenters. The molecular formula is C13H19N3OS. The summed E-state index contributed by atoms with van der Waals surface area (Å²) < 4.78 is 0. The van der Waals surface area contributed by atoms with Crippen molar-refractivity contribution >= 4 is 27.9 Å². The van der Waals surface area contributed by atoms with Crippen LogP contribution < -0.4 is 16.8 Å². The third-order valence-corrected chi connectivity index (χ3v) is 5.12. The lowest BCUT2D eigenvalue weighted by molar-refractivity contribution is 0.100. The Labute approximate surface area is 111 Å². The second kappa shape index (κ2) is 4.16. The normalized spacial score (nSPS) is 26.1. The Bertz CT molecular complexity index is 493. The molecule has 2 saturated carbocycles. The highest BCUT2D eigenvalue weighted by molar-refractivity contribution is 7.18. The molecule has 0 spiro atoms. The number of amides is 1. The monoisotopic (exact) mass is 265 g/mol. The Kier molecular flexibility index (Phi) is 2.73. The fourth-order valence-electron chi connectivity index (χ4n) is 2.57. The van der Waals surface area contributed by atoms with E-state index in [2.05, 4.69) is 12.2 Å². The molecule has 2 unspecified atom stereocenters. The van der Waals surface area contributed by atoms with E-state index in [0.29, 0.717) is 22.5 Å². The molecule has 2 aliphatic rings. The van der Waals surface area contributed by atoms with E-state index in [9.17, 15) is 4.79 Å². The third-order valence-electron chi connectivity index (χ3n) is 3.96. The number of anilines is 2.